The Balaban J connectivity index is 1.91. The number of aromatic hydroxyl groups is 1. The monoisotopic (exact) mass is 278 g/mol. The van der Waals surface area contributed by atoms with Crippen LogP contribution < -0.4 is 5.43 Å². The standard InChI is InChI=1S/C14H18N2O4/c1-10(11-3-5-12(17)6-4-11)15-16-13(18)9-14(2)19-7-8-20-14/h3-6,17H,7-9H2,1-2H3,(H,16,18)/b15-10+. The fraction of sp³-hybridized carbons (Fsp3) is 0.429. The van der Waals surface area contributed by atoms with E-state index in [9.17, 15) is 9.90 Å². The van der Waals surface area contributed by atoms with Crippen LogP contribution in [0.2, 0.25) is 0 Å². The number of hydrogen-bond acceptors (Lipinski definition) is 5. The molecule has 1 aliphatic heterocycles. The molecule has 0 radical (unpaired) electrons. The van der Waals surface area contributed by atoms with Crippen molar-refractivity contribution in [2.24, 2.45) is 5.10 Å². The van der Waals surface area contributed by atoms with Crippen molar-refractivity contribution >= 4 is 11.6 Å². The Bertz CT molecular complexity index is 504. The van der Waals surface area contributed by atoms with Crippen molar-refractivity contribution in [3.05, 3.63) is 29.8 Å². The third-order valence-corrected chi connectivity index (χ3v) is 3.01. The van der Waals surface area contributed by atoms with E-state index in [0.717, 1.165) is 5.56 Å². The van der Waals surface area contributed by atoms with Crippen molar-refractivity contribution in [2.45, 2.75) is 26.1 Å². The molecule has 108 valence electrons. The lowest BCUT2D eigenvalue weighted by molar-refractivity contribution is -0.159. The van der Waals surface area contributed by atoms with Gasteiger partial charge in [-0.25, -0.2) is 5.43 Å². The summed E-state index contributed by atoms with van der Waals surface area (Å²) in [6.07, 6.45) is 0.0966. The van der Waals surface area contributed by atoms with Gasteiger partial charge >= 0.3 is 0 Å². The Morgan fingerprint density at radius 3 is 2.55 bits per heavy atom. The van der Waals surface area contributed by atoms with Crippen molar-refractivity contribution in [3.63, 3.8) is 0 Å². The predicted molar refractivity (Wildman–Crippen MR) is 73.4 cm³/mol. The zero-order valence-corrected chi connectivity index (χ0v) is 11.5. The largest absolute Gasteiger partial charge is 0.508 e. The van der Waals surface area contributed by atoms with Crippen molar-refractivity contribution in [1.82, 2.24) is 5.43 Å². The van der Waals surface area contributed by atoms with Crippen LogP contribution in [0, 0.1) is 0 Å². The van der Waals surface area contributed by atoms with Crippen LogP contribution in [-0.2, 0) is 14.3 Å². The minimum atomic E-state index is -0.855. The molecule has 0 unspecified atom stereocenters. The highest BCUT2D eigenvalue weighted by atomic mass is 16.7. The van der Waals surface area contributed by atoms with Crippen molar-refractivity contribution in [2.75, 3.05) is 13.2 Å². The quantitative estimate of drug-likeness (QED) is 0.644. The number of rotatable bonds is 4. The molecule has 2 N–H and O–H groups in total. The van der Waals surface area contributed by atoms with E-state index in [4.69, 9.17) is 9.47 Å². The van der Waals surface area contributed by atoms with Crippen molar-refractivity contribution < 1.29 is 19.4 Å². The number of phenolic OH excluding ortho intramolecular Hbond substituents is 1. The number of hydrogen-bond donors (Lipinski definition) is 2. The molecule has 1 saturated heterocycles. The minimum absolute atomic E-state index is 0.0966. The van der Waals surface area contributed by atoms with E-state index in [1.165, 1.54) is 0 Å². The maximum Gasteiger partial charge on any atom is 0.245 e. The van der Waals surface area contributed by atoms with Crippen LogP contribution in [0.3, 0.4) is 0 Å². The molecule has 0 bridgehead atoms. The first-order valence-electron chi connectivity index (χ1n) is 6.39. The van der Waals surface area contributed by atoms with Crippen molar-refractivity contribution in [1.29, 1.82) is 0 Å². The number of amides is 1. The second-order valence-corrected chi connectivity index (χ2v) is 4.79. The zero-order chi connectivity index (χ0) is 14.6. The molecule has 0 aliphatic carbocycles. The number of ether oxygens (including phenoxy) is 2. The summed E-state index contributed by atoms with van der Waals surface area (Å²) in [5.41, 5.74) is 3.95. The number of carbonyl (C=O) groups is 1. The molecule has 1 amide bonds. The first-order valence-corrected chi connectivity index (χ1v) is 6.39. The Hall–Kier alpha value is -1.92. The SMILES string of the molecule is C/C(=N\NC(=O)CC1(C)OCCO1)c1ccc(O)cc1. The van der Waals surface area contributed by atoms with Gasteiger partial charge in [0.25, 0.3) is 0 Å². The summed E-state index contributed by atoms with van der Waals surface area (Å²) in [4.78, 5) is 11.8. The van der Waals surface area contributed by atoms with E-state index in [2.05, 4.69) is 10.5 Å². The van der Waals surface area contributed by atoms with Gasteiger partial charge in [0.1, 0.15) is 5.75 Å². The highest BCUT2D eigenvalue weighted by Crippen LogP contribution is 2.22. The summed E-state index contributed by atoms with van der Waals surface area (Å²) in [5.74, 6) is -0.937. The van der Waals surface area contributed by atoms with Gasteiger partial charge in [-0.2, -0.15) is 5.10 Å². The van der Waals surface area contributed by atoms with Crippen LogP contribution in [0.25, 0.3) is 0 Å². The predicted octanol–water partition coefficient (Wildman–Crippen LogP) is 1.39. The van der Waals surface area contributed by atoms with Gasteiger partial charge in [0.2, 0.25) is 5.91 Å². The van der Waals surface area contributed by atoms with Gasteiger partial charge in [-0.15, -0.1) is 0 Å². The number of hydrazone groups is 1. The summed E-state index contributed by atoms with van der Waals surface area (Å²) in [6.45, 7) is 4.51. The molecule has 1 heterocycles. The van der Waals surface area contributed by atoms with E-state index in [0.29, 0.717) is 18.9 Å². The lowest BCUT2D eigenvalue weighted by Gasteiger charge is -2.20. The molecule has 1 aliphatic rings. The number of phenols is 1. The van der Waals surface area contributed by atoms with Crippen LogP contribution in [0.5, 0.6) is 5.75 Å². The van der Waals surface area contributed by atoms with E-state index in [1.807, 2.05) is 0 Å². The van der Waals surface area contributed by atoms with E-state index in [-0.39, 0.29) is 18.1 Å². The summed E-state index contributed by atoms with van der Waals surface area (Å²) in [6, 6.07) is 6.59. The first-order chi connectivity index (χ1) is 9.48. The molecular weight excluding hydrogens is 260 g/mol. The number of carbonyl (C=O) groups excluding carboxylic acids is 1. The maximum absolute atomic E-state index is 11.8. The first kappa shape index (κ1) is 14.5. The molecule has 0 aromatic heterocycles. The number of benzene rings is 1. The van der Waals surface area contributed by atoms with Crippen LogP contribution in [0.15, 0.2) is 29.4 Å². The van der Waals surface area contributed by atoms with Gasteiger partial charge in [0.05, 0.1) is 25.3 Å². The molecule has 2 rings (SSSR count). The summed E-state index contributed by atoms with van der Waals surface area (Å²) in [7, 11) is 0. The van der Waals surface area contributed by atoms with Gasteiger partial charge in [-0.05, 0) is 43.7 Å². The third kappa shape index (κ3) is 3.79. The van der Waals surface area contributed by atoms with Gasteiger partial charge in [-0.1, -0.05) is 0 Å². The smallest absolute Gasteiger partial charge is 0.245 e. The molecule has 1 aromatic rings. The molecule has 1 fully saturated rings. The average Bonchev–Trinajstić information content (AvgIpc) is 2.83. The second-order valence-electron chi connectivity index (χ2n) is 4.79. The van der Waals surface area contributed by atoms with Gasteiger partial charge in [0, 0.05) is 0 Å². The lowest BCUT2D eigenvalue weighted by Crippen LogP contribution is -2.33. The van der Waals surface area contributed by atoms with Gasteiger partial charge in [0.15, 0.2) is 5.79 Å². The topological polar surface area (TPSA) is 80.2 Å². The summed E-state index contributed by atoms with van der Waals surface area (Å²) >= 11 is 0. The Labute approximate surface area is 117 Å². The lowest BCUT2D eigenvalue weighted by atomic mass is 10.1. The van der Waals surface area contributed by atoms with Crippen LogP contribution >= 0.6 is 0 Å². The zero-order valence-electron chi connectivity index (χ0n) is 11.5. The molecule has 0 spiro atoms. The van der Waals surface area contributed by atoms with E-state index in [1.54, 1.807) is 38.1 Å². The molecule has 6 heteroatoms. The maximum atomic E-state index is 11.8. The van der Waals surface area contributed by atoms with Crippen LogP contribution in [-0.4, -0.2) is 35.7 Å². The Morgan fingerprint density at radius 1 is 1.35 bits per heavy atom. The Kier molecular flexibility index (Phi) is 4.36. The van der Waals surface area contributed by atoms with Gasteiger partial charge < -0.3 is 14.6 Å². The molecule has 1 aromatic carbocycles. The summed E-state index contributed by atoms with van der Waals surface area (Å²) in [5, 5.41) is 13.2. The fourth-order valence-corrected chi connectivity index (χ4v) is 1.90. The average molecular weight is 278 g/mol. The van der Waals surface area contributed by atoms with Crippen LogP contribution in [0.4, 0.5) is 0 Å². The molecule has 20 heavy (non-hydrogen) atoms. The van der Waals surface area contributed by atoms with Crippen molar-refractivity contribution in [3.8, 4) is 5.75 Å². The Morgan fingerprint density at radius 2 is 1.95 bits per heavy atom. The highest BCUT2D eigenvalue weighted by Gasteiger charge is 2.33. The normalized spacial score (nSPS) is 18.0. The number of nitrogens with one attached hydrogen (secondary N) is 1. The second kappa shape index (κ2) is 6.02. The molecule has 0 saturated carbocycles. The fourth-order valence-electron chi connectivity index (χ4n) is 1.90. The van der Waals surface area contributed by atoms with Gasteiger partial charge in [-0.3, -0.25) is 4.79 Å². The summed E-state index contributed by atoms with van der Waals surface area (Å²) < 4.78 is 10.7. The highest BCUT2D eigenvalue weighted by molar-refractivity contribution is 5.99. The molecular formula is C14H18N2O4. The van der Waals surface area contributed by atoms with E-state index < -0.39 is 5.79 Å². The minimum Gasteiger partial charge on any atom is -0.508 e. The third-order valence-electron chi connectivity index (χ3n) is 3.01. The molecule has 0 atom stereocenters. The molecule has 6 nitrogen and oxygen atoms in total. The number of nitrogens with zero attached hydrogens (tertiary/aromatic N) is 1. The van der Waals surface area contributed by atoms with E-state index >= 15 is 0 Å². The van der Waals surface area contributed by atoms with Crippen LogP contribution in [0.1, 0.15) is 25.8 Å².